The summed E-state index contributed by atoms with van der Waals surface area (Å²) in [5.41, 5.74) is 0.491. The molecule has 1 saturated heterocycles. The molecule has 0 aliphatic carbocycles. The second-order valence-corrected chi connectivity index (χ2v) is 5.42. The third-order valence-electron chi connectivity index (χ3n) is 4.04. The highest BCUT2D eigenvalue weighted by atomic mass is 19.1. The maximum Gasteiger partial charge on any atom is 0.303 e. The van der Waals surface area contributed by atoms with Crippen LogP contribution < -0.4 is 0 Å². The molecule has 0 saturated carbocycles. The maximum atomic E-state index is 13.8. The Morgan fingerprint density at radius 1 is 1.50 bits per heavy atom. The van der Waals surface area contributed by atoms with Crippen LogP contribution in [-0.4, -0.2) is 29.1 Å². The Morgan fingerprint density at radius 2 is 2.25 bits per heavy atom. The first-order valence-corrected chi connectivity index (χ1v) is 6.88. The number of hydrogen-bond donors (Lipinski definition) is 1. The van der Waals surface area contributed by atoms with Gasteiger partial charge in [0.05, 0.1) is 0 Å². The van der Waals surface area contributed by atoms with Crippen LogP contribution in [0.3, 0.4) is 0 Å². The van der Waals surface area contributed by atoms with Gasteiger partial charge in [0.15, 0.2) is 0 Å². The minimum atomic E-state index is -0.777. The number of likely N-dealkylation sites (tertiary alicyclic amines) is 1. The van der Waals surface area contributed by atoms with Crippen LogP contribution >= 0.6 is 0 Å². The van der Waals surface area contributed by atoms with E-state index in [-0.39, 0.29) is 12.5 Å². The molecule has 1 aromatic carbocycles. The van der Waals surface area contributed by atoms with Crippen LogP contribution in [0.25, 0.3) is 0 Å². The molecule has 2 atom stereocenters. The van der Waals surface area contributed by atoms with Gasteiger partial charge in [-0.1, -0.05) is 6.07 Å². The summed E-state index contributed by atoms with van der Waals surface area (Å²) >= 11 is 0. The zero-order chi connectivity index (χ0) is 14.7. The van der Waals surface area contributed by atoms with Crippen molar-refractivity contribution in [3.05, 3.63) is 35.4 Å². The van der Waals surface area contributed by atoms with Gasteiger partial charge >= 0.3 is 5.97 Å². The van der Waals surface area contributed by atoms with E-state index in [1.165, 1.54) is 12.1 Å². The molecule has 2 rings (SSSR count). The monoisotopic (exact) mass is 283 g/mol. The number of aliphatic carboxylic acids is 1. The Hall–Kier alpha value is -1.49. The molecular weight excluding hydrogens is 264 g/mol. The Kier molecular flexibility index (Phi) is 4.70. The SMILES string of the molecule is CC(c1ccc(F)cc1F)N1CCC(CCC(=O)O)C1. The Labute approximate surface area is 117 Å². The fraction of sp³-hybridized carbons (Fsp3) is 0.533. The third-order valence-corrected chi connectivity index (χ3v) is 4.04. The van der Waals surface area contributed by atoms with Crippen molar-refractivity contribution >= 4 is 5.97 Å². The molecule has 1 fully saturated rings. The summed E-state index contributed by atoms with van der Waals surface area (Å²) in [5, 5.41) is 8.69. The molecule has 3 nitrogen and oxygen atoms in total. The van der Waals surface area contributed by atoms with Gasteiger partial charge < -0.3 is 5.11 Å². The summed E-state index contributed by atoms with van der Waals surface area (Å²) in [5.74, 6) is -1.52. The summed E-state index contributed by atoms with van der Waals surface area (Å²) < 4.78 is 26.7. The molecule has 0 radical (unpaired) electrons. The average Bonchev–Trinajstić information content (AvgIpc) is 2.84. The predicted molar refractivity (Wildman–Crippen MR) is 71.3 cm³/mol. The quantitative estimate of drug-likeness (QED) is 0.902. The van der Waals surface area contributed by atoms with Crippen LogP contribution in [0.5, 0.6) is 0 Å². The van der Waals surface area contributed by atoms with Crippen molar-refractivity contribution in [2.75, 3.05) is 13.1 Å². The molecule has 0 bridgehead atoms. The molecule has 1 aliphatic rings. The van der Waals surface area contributed by atoms with Gasteiger partial charge in [-0.25, -0.2) is 8.78 Å². The minimum Gasteiger partial charge on any atom is -0.481 e. The number of halogens is 2. The van der Waals surface area contributed by atoms with E-state index in [2.05, 4.69) is 4.90 Å². The minimum absolute atomic E-state index is 0.120. The van der Waals surface area contributed by atoms with Crippen LogP contribution in [0, 0.1) is 17.6 Å². The Morgan fingerprint density at radius 3 is 2.90 bits per heavy atom. The molecule has 20 heavy (non-hydrogen) atoms. The number of carboxylic acids is 1. The van der Waals surface area contributed by atoms with Gasteiger partial charge in [0.2, 0.25) is 0 Å². The van der Waals surface area contributed by atoms with Gasteiger partial charge in [0.1, 0.15) is 11.6 Å². The topological polar surface area (TPSA) is 40.5 Å². The van der Waals surface area contributed by atoms with Crippen molar-refractivity contribution in [3.8, 4) is 0 Å². The van der Waals surface area contributed by atoms with E-state index in [1.54, 1.807) is 0 Å². The molecule has 1 heterocycles. The molecule has 1 aliphatic heterocycles. The summed E-state index contributed by atoms with van der Waals surface area (Å²) in [6.45, 7) is 3.49. The van der Waals surface area contributed by atoms with Crippen LogP contribution in [-0.2, 0) is 4.79 Å². The highest BCUT2D eigenvalue weighted by molar-refractivity contribution is 5.66. The zero-order valence-corrected chi connectivity index (χ0v) is 11.5. The summed E-state index contributed by atoms with van der Waals surface area (Å²) in [7, 11) is 0. The predicted octanol–water partition coefficient (Wildman–Crippen LogP) is 3.21. The molecule has 0 spiro atoms. The first kappa shape index (κ1) is 14.9. The highest BCUT2D eigenvalue weighted by Crippen LogP contribution is 2.30. The molecule has 1 N–H and O–H groups in total. The van der Waals surface area contributed by atoms with E-state index in [9.17, 15) is 13.6 Å². The van der Waals surface area contributed by atoms with E-state index in [4.69, 9.17) is 5.11 Å². The third kappa shape index (κ3) is 3.54. The number of nitrogens with zero attached hydrogens (tertiary/aromatic N) is 1. The van der Waals surface area contributed by atoms with E-state index in [0.717, 1.165) is 25.6 Å². The number of hydrogen-bond acceptors (Lipinski definition) is 2. The van der Waals surface area contributed by atoms with Gasteiger partial charge in [-0.15, -0.1) is 0 Å². The van der Waals surface area contributed by atoms with Gasteiger partial charge in [-0.3, -0.25) is 9.69 Å². The lowest BCUT2D eigenvalue weighted by Gasteiger charge is -2.25. The van der Waals surface area contributed by atoms with Crippen LogP contribution in [0.2, 0.25) is 0 Å². The van der Waals surface area contributed by atoms with Gasteiger partial charge in [-0.05, 0) is 38.3 Å². The van der Waals surface area contributed by atoms with Crippen molar-refractivity contribution in [1.29, 1.82) is 0 Å². The lowest BCUT2D eigenvalue weighted by molar-refractivity contribution is -0.137. The Balaban J connectivity index is 1.97. The molecule has 110 valence electrons. The van der Waals surface area contributed by atoms with E-state index in [1.807, 2.05) is 6.92 Å². The highest BCUT2D eigenvalue weighted by Gasteiger charge is 2.28. The standard InChI is InChI=1S/C15H19F2NO2/c1-10(13-4-3-12(16)8-14(13)17)18-7-6-11(9-18)2-5-15(19)20/h3-4,8,10-11H,2,5-7,9H2,1H3,(H,19,20). The van der Waals surface area contributed by atoms with Crippen molar-refractivity contribution < 1.29 is 18.7 Å². The number of rotatable bonds is 5. The second kappa shape index (κ2) is 6.31. The largest absolute Gasteiger partial charge is 0.481 e. The Bertz CT molecular complexity index is 493. The zero-order valence-electron chi connectivity index (χ0n) is 11.5. The van der Waals surface area contributed by atoms with E-state index < -0.39 is 17.6 Å². The van der Waals surface area contributed by atoms with Crippen LogP contribution in [0.4, 0.5) is 8.78 Å². The first-order valence-electron chi connectivity index (χ1n) is 6.88. The van der Waals surface area contributed by atoms with Crippen LogP contribution in [0.1, 0.15) is 37.8 Å². The molecule has 2 unspecified atom stereocenters. The smallest absolute Gasteiger partial charge is 0.303 e. The molecule has 0 aromatic heterocycles. The number of carbonyl (C=O) groups is 1. The normalized spacial score (nSPS) is 21.1. The first-order chi connectivity index (χ1) is 9.47. The van der Waals surface area contributed by atoms with Gasteiger partial charge in [0.25, 0.3) is 0 Å². The van der Waals surface area contributed by atoms with Crippen molar-refractivity contribution in [2.24, 2.45) is 5.92 Å². The van der Waals surface area contributed by atoms with E-state index in [0.29, 0.717) is 17.9 Å². The van der Waals surface area contributed by atoms with Crippen molar-refractivity contribution in [2.45, 2.75) is 32.2 Å². The van der Waals surface area contributed by atoms with Crippen molar-refractivity contribution in [3.63, 3.8) is 0 Å². The number of carboxylic acid groups (broad SMARTS) is 1. The summed E-state index contributed by atoms with van der Waals surface area (Å²) in [6.07, 6.45) is 1.77. The summed E-state index contributed by atoms with van der Waals surface area (Å²) in [6, 6.07) is 3.54. The van der Waals surface area contributed by atoms with E-state index >= 15 is 0 Å². The van der Waals surface area contributed by atoms with Crippen LogP contribution in [0.15, 0.2) is 18.2 Å². The number of benzene rings is 1. The molecule has 0 amide bonds. The fourth-order valence-electron chi connectivity index (χ4n) is 2.81. The van der Waals surface area contributed by atoms with Gasteiger partial charge in [0, 0.05) is 30.6 Å². The van der Waals surface area contributed by atoms with Gasteiger partial charge in [-0.2, -0.15) is 0 Å². The molecule has 5 heteroatoms. The lowest BCUT2D eigenvalue weighted by Crippen LogP contribution is -2.25. The van der Waals surface area contributed by atoms with Crippen molar-refractivity contribution in [1.82, 2.24) is 4.90 Å². The summed E-state index contributed by atoms with van der Waals surface area (Å²) in [4.78, 5) is 12.7. The molecule has 1 aromatic rings. The lowest BCUT2D eigenvalue weighted by atomic mass is 10.0. The maximum absolute atomic E-state index is 13.8. The average molecular weight is 283 g/mol. The molecular formula is C15H19F2NO2. The second-order valence-electron chi connectivity index (χ2n) is 5.42. The fourth-order valence-corrected chi connectivity index (χ4v) is 2.81.